The summed E-state index contributed by atoms with van der Waals surface area (Å²) in [5.74, 6) is 0.239. The van der Waals surface area contributed by atoms with Crippen LogP contribution in [0.25, 0.3) is 10.9 Å². The number of primary amides is 1. The Morgan fingerprint density at radius 2 is 2.05 bits per heavy atom. The van der Waals surface area contributed by atoms with Gasteiger partial charge in [0, 0.05) is 26.2 Å². The van der Waals surface area contributed by atoms with Crippen molar-refractivity contribution in [2.45, 2.75) is 6.42 Å². The van der Waals surface area contributed by atoms with Gasteiger partial charge in [-0.05, 0) is 18.6 Å². The van der Waals surface area contributed by atoms with Gasteiger partial charge in [-0.25, -0.2) is 19.2 Å². The van der Waals surface area contributed by atoms with Crippen LogP contribution in [0.1, 0.15) is 6.42 Å². The first-order valence-electron chi connectivity index (χ1n) is 6.85. The largest absolute Gasteiger partial charge is 0.354 e. The van der Waals surface area contributed by atoms with E-state index in [9.17, 15) is 9.18 Å². The maximum absolute atomic E-state index is 14.1. The molecule has 1 saturated heterocycles. The molecule has 2 amide bonds. The van der Waals surface area contributed by atoms with E-state index >= 15 is 0 Å². The predicted octanol–water partition coefficient (Wildman–Crippen LogP) is 1.36. The average Bonchev–Trinajstić information content (AvgIpc) is 2.73. The molecular formula is C14H16FN5O. The Labute approximate surface area is 121 Å². The van der Waals surface area contributed by atoms with Crippen LogP contribution in [-0.4, -0.2) is 47.1 Å². The summed E-state index contributed by atoms with van der Waals surface area (Å²) < 4.78 is 14.1. The summed E-state index contributed by atoms with van der Waals surface area (Å²) in [5.41, 5.74) is 5.90. The highest BCUT2D eigenvalue weighted by molar-refractivity contribution is 5.89. The molecule has 3 rings (SSSR count). The number of carbonyl (C=O) groups is 1. The van der Waals surface area contributed by atoms with Gasteiger partial charge in [0.25, 0.3) is 0 Å². The van der Waals surface area contributed by atoms with Crippen LogP contribution in [0.15, 0.2) is 24.5 Å². The number of urea groups is 1. The van der Waals surface area contributed by atoms with Crippen molar-refractivity contribution in [2.75, 3.05) is 31.1 Å². The molecule has 2 aromatic rings. The minimum Gasteiger partial charge on any atom is -0.354 e. The number of aromatic nitrogens is 2. The summed E-state index contributed by atoms with van der Waals surface area (Å²) in [4.78, 5) is 23.2. The Balaban J connectivity index is 1.95. The summed E-state index contributed by atoms with van der Waals surface area (Å²) in [6.07, 6.45) is 2.21. The molecule has 2 N–H and O–H groups in total. The first-order chi connectivity index (χ1) is 10.2. The number of nitrogens with two attached hydrogens (primary N) is 1. The molecule has 0 aliphatic carbocycles. The molecule has 1 fully saturated rings. The lowest BCUT2D eigenvalue weighted by molar-refractivity contribution is 0.211. The Bertz CT molecular complexity index is 672. The van der Waals surface area contributed by atoms with Crippen molar-refractivity contribution < 1.29 is 9.18 Å². The van der Waals surface area contributed by atoms with Crippen molar-refractivity contribution in [2.24, 2.45) is 5.73 Å². The number of nitrogens with zero attached hydrogens (tertiary/aromatic N) is 4. The van der Waals surface area contributed by atoms with E-state index in [1.54, 1.807) is 17.0 Å². The third-order valence-corrected chi connectivity index (χ3v) is 3.70. The van der Waals surface area contributed by atoms with E-state index in [-0.39, 0.29) is 5.82 Å². The molecule has 2 heterocycles. The molecule has 0 radical (unpaired) electrons. The highest BCUT2D eigenvalue weighted by Gasteiger charge is 2.20. The summed E-state index contributed by atoms with van der Waals surface area (Å²) in [7, 11) is 0. The second-order valence-electron chi connectivity index (χ2n) is 5.00. The molecule has 0 spiro atoms. The summed E-state index contributed by atoms with van der Waals surface area (Å²) in [5, 5.41) is 0.424. The van der Waals surface area contributed by atoms with E-state index < -0.39 is 6.03 Å². The maximum Gasteiger partial charge on any atom is 0.314 e. The molecule has 0 unspecified atom stereocenters. The van der Waals surface area contributed by atoms with Gasteiger partial charge in [-0.1, -0.05) is 6.07 Å². The number of benzene rings is 1. The van der Waals surface area contributed by atoms with Crippen LogP contribution in [0, 0.1) is 5.82 Å². The van der Waals surface area contributed by atoms with Crippen molar-refractivity contribution in [1.29, 1.82) is 0 Å². The van der Waals surface area contributed by atoms with Gasteiger partial charge >= 0.3 is 6.03 Å². The molecule has 0 bridgehead atoms. The van der Waals surface area contributed by atoms with Gasteiger partial charge in [-0.15, -0.1) is 0 Å². The molecule has 21 heavy (non-hydrogen) atoms. The van der Waals surface area contributed by atoms with Crippen molar-refractivity contribution in [3.63, 3.8) is 0 Å². The molecular weight excluding hydrogens is 273 g/mol. The first kappa shape index (κ1) is 13.5. The first-order valence-corrected chi connectivity index (χ1v) is 6.85. The Morgan fingerprint density at radius 1 is 1.19 bits per heavy atom. The molecule has 0 atom stereocenters. The fourth-order valence-corrected chi connectivity index (χ4v) is 2.64. The second kappa shape index (κ2) is 5.51. The lowest BCUT2D eigenvalue weighted by Crippen LogP contribution is -2.38. The van der Waals surface area contributed by atoms with Crippen LogP contribution in [0.2, 0.25) is 0 Å². The number of hydrogen-bond donors (Lipinski definition) is 1. The van der Waals surface area contributed by atoms with E-state index in [0.29, 0.717) is 42.9 Å². The summed E-state index contributed by atoms with van der Waals surface area (Å²) >= 11 is 0. The van der Waals surface area contributed by atoms with Crippen LogP contribution >= 0.6 is 0 Å². The fraction of sp³-hybridized carbons (Fsp3) is 0.357. The second-order valence-corrected chi connectivity index (χ2v) is 5.00. The smallest absolute Gasteiger partial charge is 0.314 e. The number of carbonyl (C=O) groups excluding carboxylic acids is 1. The molecule has 7 heteroatoms. The monoisotopic (exact) mass is 289 g/mol. The summed E-state index contributed by atoms with van der Waals surface area (Å²) in [6.45, 7) is 2.39. The van der Waals surface area contributed by atoms with Crippen LogP contribution in [0.4, 0.5) is 15.0 Å². The molecule has 1 aromatic carbocycles. The quantitative estimate of drug-likeness (QED) is 0.860. The highest BCUT2D eigenvalue weighted by Crippen LogP contribution is 2.26. The fourth-order valence-electron chi connectivity index (χ4n) is 2.64. The lowest BCUT2D eigenvalue weighted by atomic mass is 10.2. The Hall–Kier alpha value is -2.44. The number of amides is 2. The van der Waals surface area contributed by atoms with E-state index in [1.807, 2.05) is 4.90 Å². The molecule has 110 valence electrons. The zero-order valence-electron chi connectivity index (χ0n) is 11.5. The molecule has 1 aliphatic heterocycles. The van der Waals surface area contributed by atoms with E-state index in [4.69, 9.17) is 5.73 Å². The minimum atomic E-state index is -0.421. The third kappa shape index (κ3) is 2.58. The zero-order valence-corrected chi connectivity index (χ0v) is 11.5. The van der Waals surface area contributed by atoms with Crippen LogP contribution in [-0.2, 0) is 0 Å². The zero-order chi connectivity index (χ0) is 14.8. The molecule has 6 nitrogen and oxygen atoms in total. The van der Waals surface area contributed by atoms with Gasteiger partial charge < -0.3 is 15.5 Å². The number of rotatable bonds is 1. The van der Waals surface area contributed by atoms with Gasteiger partial charge in [0.05, 0.1) is 10.9 Å². The van der Waals surface area contributed by atoms with E-state index in [0.717, 1.165) is 6.42 Å². The van der Waals surface area contributed by atoms with Gasteiger partial charge in [0.15, 0.2) is 0 Å². The van der Waals surface area contributed by atoms with Crippen LogP contribution < -0.4 is 10.6 Å². The SMILES string of the molecule is NC(=O)N1CCCN(c2ncnc3cccc(F)c23)CC1. The van der Waals surface area contributed by atoms with Gasteiger partial charge in [0.2, 0.25) is 0 Å². The normalized spacial score (nSPS) is 16.0. The van der Waals surface area contributed by atoms with Gasteiger partial charge in [0.1, 0.15) is 18.0 Å². The number of fused-ring (bicyclic) bond motifs is 1. The van der Waals surface area contributed by atoms with E-state index in [1.165, 1.54) is 12.4 Å². The van der Waals surface area contributed by atoms with Gasteiger partial charge in [-0.3, -0.25) is 0 Å². The topological polar surface area (TPSA) is 75.4 Å². The number of anilines is 1. The minimum absolute atomic E-state index is 0.334. The molecule has 0 saturated carbocycles. The third-order valence-electron chi connectivity index (χ3n) is 3.70. The maximum atomic E-state index is 14.1. The van der Waals surface area contributed by atoms with Crippen molar-refractivity contribution in [3.8, 4) is 0 Å². The number of hydrogen-bond acceptors (Lipinski definition) is 4. The Morgan fingerprint density at radius 3 is 2.86 bits per heavy atom. The average molecular weight is 289 g/mol. The lowest BCUT2D eigenvalue weighted by Gasteiger charge is -2.23. The standard InChI is InChI=1S/C14H16FN5O/c15-10-3-1-4-11-12(10)13(18-9-17-11)19-5-2-6-20(8-7-19)14(16)21/h1,3-4,9H,2,5-8H2,(H2,16,21). The summed E-state index contributed by atoms with van der Waals surface area (Å²) in [6, 6.07) is 4.38. The number of halogens is 1. The molecule has 1 aliphatic rings. The van der Waals surface area contributed by atoms with Crippen molar-refractivity contribution in [1.82, 2.24) is 14.9 Å². The van der Waals surface area contributed by atoms with Crippen molar-refractivity contribution in [3.05, 3.63) is 30.3 Å². The van der Waals surface area contributed by atoms with E-state index in [2.05, 4.69) is 9.97 Å². The predicted molar refractivity (Wildman–Crippen MR) is 77.5 cm³/mol. The van der Waals surface area contributed by atoms with Crippen LogP contribution in [0.3, 0.4) is 0 Å². The van der Waals surface area contributed by atoms with Crippen molar-refractivity contribution >= 4 is 22.8 Å². The van der Waals surface area contributed by atoms with Gasteiger partial charge in [-0.2, -0.15) is 0 Å². The Kier molecular flexibility index (Phi) is 3.55. The van der Waals surface area contributed by atoms with Crippen LogP contribution in [0.5, 0.6) is 0 Å². The molecule has 1 aromatic heterocycles. The highest BCUT2D eigenvalue weighted by atomic mass is 19.1.